The van der Waals surface area contributed by atoms with Crippen molar-refractivity contribution in [3.63, 3.8) is 0 Å². The van der Waals surface area contributed by atoms with Crippen LogP contribution in [0.5, 0.6) is 0 Å². The van der Waals surface area contributed by atoms with Crippen LogP contribution in [0.2, 0.25) is 0 Å². The van der Waals surface area contributed by atoms with E-state index < -0.39 is 5.97 Å². The van der Waals surface area contributed by atoms with E-state index in [2.05, 4.69) is 9.88 Å². The van der Waals surface area contributed by atoms with Crippen molar-refractivity contribution in [2.45, 2.75) is 6.54 Å². The van der Waals surface area contributed by atoms with Gasteiger partial charge in [0.2, 0.25) is 0 Å². The number of aromatic carboxylic acids is 1. The third-order valence-corrected chi connectivity index (χ3v) is 3.78. The van der Waals surface area contributed by atoms with Gasteiger partial charge < -0.3 is 9.84 Å². The molecule has 1 aliphatic rings. The summed E-state index contributed by atoms with van der Waals surface area (Å²) in [4.78, 5) is 18.1. The zero-order valence-electron chi connectivity index (χ0n) is 12.2. The number of carbonyl (C=O) groups is 1. The molecule has 5 heteroatoms. The van der Waals surface area contributed by atoms with Crippen LogP contribution in [0, 0.1) is 0 Å². The van der Waals surface area contributed by atoms with Crippen molar-refractivity contribution in [3.8, 4) is 11.1 Å². The molecule has 5 nitrogen and oxygen atoms in total. The highest BCUT2D eigenvalue weighted by atomic mass is 16.5. The van der Waals surface area contributed by atoms with Crippen molar-refractivity contribution in [1.82, 2.24) is 9.88 Å². The van der Waals surface area contributed by atoms with Crippen molar-refractivity contribution in [3.05, 3.63) is 53.9 Å². The molecule has 0 aliphatic carbocycles. The van der Waals surface area contributed by atoms with E-state index in [1.54, 1.807) is 18.3 Å². The van der Waals surface area contributed by atoms with Gasteiger partial charge in [-0.1, -0.05) is 24.3 Å². The highest BCUT2D eigenvalue weighted by molar-refractivity contribution is 5.95. The predicted octanol–water partition coefficient (Wildman–Crippen LogP) is 2.28. The van der Waals surface area contributed by atoms with Crippen LogP contribution in [-0.2, 0) is 11.3 Å². The van der Waals surface area contributed by atoms with Crippen LogP contribution in [0.15, 0.2) is 42.6 Å². The van der Waals surface area contributed by atoms with Gasteiger partial charge in [-0.05, 0) is 17.7 Å². The maximum absolute atomic E-state index is 11.3. The lowest BCUT2D eigenvalue weighted by Gasteiger charge is -2.26. The predicted molar refractivity (Wildman–Crippen MR) is 82.7 cm³/mol. The Balaban J connectivity index is 1.78. The molecule has 22 heavy (non-hydrogen) atoms. The van der Waals surface area contributed by atoms with E-state index in [4.69, 9.17) is 4.74 Å². The average molecular weight is 298 g/mol. The SMILES string of the molecule is O=C(O)c1ccccc1-c1ccc(CN2CCOCC2)nc1. The number of benzene rings is 1. The van der Waals surface area contributed by atoms with Crippen LogP contribution in [0.3, 0.4) is 0 Å². The standard InChI is InChI=1S/C17H18N2O3/c20-17(21)16-4-2-1-3-15(16)13-5-6-14(18-11-13)12-19-7-9-22-10-8-19/h1-6,11H,7-10,12H2,(H,20,21). The number of nitrogens with zero attached hydrogens (tertiary/aromatic N) is 2. The summed E-state index contributed by atoms with van der Waals surface area (Å²) in [5, 5.41) is 9.26. The summed E-state index contributed by atoms with van der Waals surface area (Å²) in [5.41, 5.74) is 2.80. The first kappa shape index (κ1) is 14.7. The number of hydrogen-bond acceptors (Lipinski definition) is 4. The van der Waals surface area contributed by atoms with Crippen LogP contribution < -0.4 is 0 Å². The van der Waals surface area contributed by atoms with Crippen LogP contribution in [0.1, 0.15) is 16.1 Å². The molecule has 0 radical (unpaired) electrons. The second-order valence-corrected chi connectivity index (χ2v) is 5.28. The molecule has 1 fully saturated rings. The zero-order valence-corrected chi connectivity index (χ0v) is 12.2. The quantitative estimate of drug-likeness (QED) is 0.938. The Morgan fingerprint density at radius 1 is 1.18 bits per heavy atom. The van der Waals surface area contributed by atoms with Crippen molar-refractivity contribution < 1.29 is 14.6 Å². The molecule has 114 valence electrons. The number of hydrogen-bond donors (Lipinski definition) is 1. The number of pyridine rings is 1. The lowest BCUT2D eigenvalue weighted by molar-refractivity contribution is 0.0336. The van der Waals surface area contributed by atoms with E-state index in [0.717, 1.165) is 44.1 Å². The Morgan fingerprint density at radius 2 is 1.95 bits per heavy atom. The van der Waals surface area contributed by atoms with E-state index in [1.165, 1.54) is 0 Å². The van der Waals surface area contributed by atoms with E-state index in [0.29, 0.717) is 11.1 Å². The van der Waals surface area contributed by atoms with Crippen molar-refractivity contribution in [2.24, 2.45) is 0 Å². The van der Waals surface area contributed by atoms with E-state index in [9.17, 15) is 9.90 Å². The first-order valence-electron chi connectivity index (χ1n) is 7.32. The fraction of sp³-hybridized carbons (Fsp3) is 0.294. The second kappa shape index (κ2) is 6.68. The summed E-state index contributed by atoms with van der Waals surface area (Å²) in [6, 6.07) is 10.9. The van der Waals surface area contributed by atoms with Gasteiger partial charge in [0.25, 0.3) is 0 Å². The molecule has 1 aromatic carbocycles. The van der Waals surface area contributed by atoms with Crippen LogP contribution in [-0.4, -0.2) is 47.3 Å². The molecular formula is C17H18N2O3. The summed E-state index contributed by atoms with van der Waals surface area (Å²) in [5.74, 6) is -0.923. The van der Waals surface area contributed by atoms with Crippen LogP contribution in [0.25, 0.3) is 11.1 Å². The molecule has 1 aromatic heterocycles. The van der Waals surface area contributed by atoms with Gasteiger partial charge in [-0.25, -0.2) is 4.79 Å². The van der Waals surface area contributed by atoms with Crippen molar-refractivity contribution >= 4 is 5.97 Å². The van der Waals surface area contributed by atoms with E-state index in [-0.39, 0.29) is 0 Å². The first-order valence-corrected chi connectivity index (χ1v) is 7.32. The van der Waals surface area contributed by atoms with Gasteiger partial charge >= 0.3 is 5.97 Å². The molecule has 0 atom stereocenters. The monoisotopic (exact) mass is 298 g/mol. The number of carboxylic acid groups (broad SMARTS) is 1. The third-order valence-electron chi connectivity index (χ3n) is 3.78. The fourth-order valence-corrected chi connectivity index (χ4v) is 2.59. The van der Waals surface area contributed by atoms with Gasteiger partial charge in [0, 0.05) is 31.4 Å². The molecule has 1 saturated heterocycles. The van der Waals surface area contributed by atoms with Gasteiger partial charge in [-0.2, -0.15) is 0 Å². The summed E-state index contributed by atoms with van der Waals surface area (Å²) in [7, 11) is 0. The van der Waals surface area contributed by atoms with Gasteiger partial charge in [0.05, 0.1) is 24.5 Å². The highest BCUT2D eigenvalue weighted by Gasteiger charge is 2.13. The zero-order chi connectivity index (χ0) is 15.4. The molecule has 2 aromatic rings. The van der Waals surface area contributed by atoms with E-state index in [1.807, 2.05) is 24.3 Å². The highest BCUT2D eigenvalue weighted by Crippen LogP contribution is 2.23. The molecular weight excluding hydrogens is 280 g/mol. The van der Waals surface area contributed by atoms with Gasteiger partial charge in [0.1, 0.15) is 0 Å². The first-order chi connectivity index (χ1) is 10.7. The number of ether oxygens (including phenoxy) is 1. The number of carboxylic acids is 1. The molecule has 3 rings (SSSR count). The summed E-state index contributed by atoms with van der Waals surface area (Å²) in [6.45, 7) is 4.18. The normalized spacial score (nSPS) is 15.6. The van der Waals surface area contributed by atoms with Crippen molar-refractivity contribution in [2.75, 3.05) is 26.3 Å². The lowest BCUT2D eigenvalue weighted by Crippen LogP contribution is -2.35. The van der Waals surface area contributed by atoms with Gasteiger partial charge in [-0.15, -0.1) is 0 Å². The molecule has 0 bridgehead atoms. The minimum atomic E-state index is -0.923. The van der Waals surface area contributed by atoms with Gasteiger partial charge in [0.15, 0.2) is 0 Å². The molecule has 1 aliphatic heterocycles. The Kier molecular flexibility index (Phi) is 4.46. The maximum Gasteiger partial charge on any atom is 0.336 e. The second-order valence-electron chi connectivity index (χ2n) is 5.28. The largest absolute Gasteiger partial charge is 0.478 e. The molecule has 0 unspecified atom stereocenters. The molecule has 2 heterocycles. The molecule has 1 N–H and O–H groups in total. The molecule has 0 saturated carbocycles. The number of morpholine rings is 1. The Hall–Kier alpha value is -2.24. The Morgan fingerprint density at radius 3 is 2.64 bits per heavy atom. The summed E-state index contributed by atoms with van der Waals surface area (Å²) < 4.78 is 5.33. The molecule has 0 spiro atoms. The number of rotatable bonds is 4. The smallest absolute Gasteiger partial charge is 0.336 e. The Bertz CT molecular complexity index is 649. The fourth-order valence-electron chi connectivity index (χ4n) is 2.59. The molecule has 0 amide bonds. The lowest BCUT2D eigenvalue weighted by atomic mass is 10.0. The van der Waals surface area contributed by atoms with E-state index >= 15 is 0 Å². The topological polar surface area (TPSA) is 62.7 Å². The summed E-state index contributed by atoms with van der Waals surface area (Å²) in [6.07, 6.45) is 1.75. The average Bonchev–Trinajstić information content (AvgIpc) is 2.56. The minimum absolute atomic E-state index is 0.297. The summed E-state index contributed by atoms with van der Waals surface area (Å²) >= 11 is 0. The third kappa shape index (κ3) is 3.32. The van der Waals surface area contributed by atoms with Gasteiger partial charge in [-0.3, -0.25) is 9.88 Å². The maximum atomic E-state index is 11.3. The van der Waals surface area contributed by atoms with Crippen LogP contribution >= 0.6 is 0 Å². The Labute approximate surface area is 129 Å². The van der Waals surface area contributed by atoms with Crippen molar-refractivity contribution in [1.29, 1.82) is 0 Å². The minimum Gasteiger partial charge on any atom is -0.478 e. The van der Waals surface area contributed by atoms with Crippen LogP contribution in [0.4, 0.5) is 0 Å². The number of aromatic nitrogens is 1.